The molecule has 0 heterocycles. The Hall–Kier alpha value is -2.56. The Morgan fingerprint density at radius 2 is 1.73 bits per heavy atom. The summed E-state index contributed by atoms with van der Waals surface area (Å²) in [5.74, 6) is 1.26. The van der Waals surface area contributed by atoms with E-state index in [4.69, 9.17) is 14.2 Å². The van der Waals surface area contributed by atoms with Crippen molar-refractivity contribution in [3.8, 4) is 5.75 Å². The summed E-state index contributed by atoms with van der Waals surface area (Å²) in [5, 5.41) is 0. The van der Waals surface area contributed by atoms with Crippen molar-refractivity contribution in [2.75, 3.05) is 19.8 Å². The van der Waals surface area contributed by atoms with Gasteiger partial charge in [-0.25, -0.2) is 4.79 Å². The quantitative estimate of drug-likeness (QED) is 0.332. The standard InChI is InChI=1S/C28H40O5/c1-6-31-26(29)23-15-18-28(19-16-23,27(30)32-7-2)24-13-8-9-14-25(24)33-20-17-22(5)12-10-11-21(3)4/h8-9,13-16,18,21-22H,6-7,10-12,17,19-20H2,1-5H3. The topological polar surface area (TPSA) is 61.8 Å². The van der Waals surface area contributed by atoms with E-state index < -0.39 is 5.41 Å². The van der Waals surface area contributed by atoms with E-state index in [1.165, 1.54) is 19.3 Å². The van der Waals surface area contributed by atoms with Crippen LogP contribution in [-0.2, 0) is 24.5 Å². The molecule has 1 aromatic carbocycles. The summed E-state index contributed by atoms with van der Waals surface area (Å²) >= 11 is 0. The van der Waals surface area contributed by atoms with Gasteiger partial charge in [-0.3, -0.25) is 4.79 Å². The maximum atomic E-state index is 13.2. The molecule has 5 nitrogen and oxygen atoms in total. The molecule has 0 radical (unpaired) electrons. The Kier molecular flexibility index (Phi) is 10.7. The van der Waals surface area contributed by atoms with Crippen LogP contribution in [0.3, 0.4) is 0 Å². The normalized spacial score (nSPS) is 18.5. The van der Waals surface area contributed by atoms with Crippen LogP contribution < -0.4 is 4.74 Å². The minimum atomic E-state index is -1.04. The molecule has 33 heavy (non-hydrogen) atoms. The van der Waals surface area contributed by atoms with Crippen molar-refractivity contribution in [3.05, 3.63) is 53.6 Å². The largest absolute Gasteiger partial charge is 0.493 e. The smallest absolute Gasteiger partial charge is 0.337 e. The third-order valence-electron chi connectivity index (χ3n) is 6.06. The first-order valence-electron chi connectivity index (χ1n) is 12.3. The van der Waals surface area contributed by atoms with Crippen molar-refractivity contribution in [1.29, 1.82) is 0 Å². The van der Waals surface area contributed by atoms with Crippen molar-refractivity contribution in [3.63, 3.8) is 0 Å². The molecule has 0 bridgehead atoms. The van der Waals surface area contributed by atoms with Gasteiger partial charge in [0.25, 0.3) is 0 Å². The van der Waals surface area contributed by atoms with Crippen LogP contribution in [0, 0.1) is 11.8 Å². The van der Waals surface area contributed by atoms with Crippen LogP contribution in [-0.4, -0.2) is 31.8 Å². The summed E-state index contributed by atoms with van der Waals surface area (Å²) in [6.45, 7) is 11.5. The zero-order valence-electron chi connectivity index (χ0n) is 20.9. The van der Waals surface area contributed by atoms with Crippen LogP contribution in [0.2, 0.25) is 0 Å². The molecule has 0 aliphatic heterocycles. The van der Waals surface area contributed by atoms with Gasteiger partial charge in [0, 0.05) is 5.56 Å². The van der Waals surface area contributed by atoms with E-state index in [1.807, 2.05) is 24.3 Å². The van der Waals surface area contributed by atoms with Crippen molar-refractivity contribution >= 4 is 11.9 Å². The highest BCUT2D eigenvalue weighted by Crippen LogP contribution is 2.40. The fraction of sp³-hybridized carbons (Fsp3) is 0.571. The highest BCUT2D eigenvalue weighted by Gasteiger charge is 2.42. The molecule has 0 saturated heterocycles. The fourth-order valence-corrected chi connectivity index (χ4v) is 4.08. The molecule has 0 amide bonds. The molecule has 0 aromatic heterocycles. The van der Waals surface area contributed by atoms with E-state index >= 15 is 0 Å². The lowest BCUT2D eigenvalue weighted by atomic mass is 9.74. The van der Waals surface area contributed by atoms with E-state index in [2.05, 4.69) is 20.8 Å². The Bertz CT molecular complexity index is 838. The minimum Gasteiger partial charge on any atom is -0.493 e. The van der Waals surface area contributed by atoms with E-state index in [-0.39, 0.29) is 18.5 Å². The number of carbonyl (C=O) groups excluding carboxylic acids is 2. The molecule has 0 saturated carbocycles. The Morgan fingerprint density at radius 1 is 1.00 bits per heavy atom. The average Bonchev–Trinajstić information content (AvgIpc) is 2.79. The number of rotatable bonds is 13. The van der Waals surface area contributed by atoms with E-state index in [9.17, 15) is 9.59 Å². The highest BCUT2D eigenvalue weighted by molar-refractivity contribution is 5.94. The second-order valence-electron chi connectivity index (χ2n) is 9.17. The lowest BCUT2D eigenvalue weighted by Gasteiger charge is -2.31. The van der Waals surface area contributed by atoms with E-state index in [1.54, 1.807) is 32.1 Å². The fourth-order valence-electron chi connectivity index (χ4n) is 4.08. The molecule has 0 fully saturated rings. The lowest BCUT2D eigenvalue weighted by molar-refractivity contribution is -0.148. The van der Waals surface area contributed by atoms with Crippen LogP contribution in [0.1, 0.15) is 72.3 Å². The molecule has 0 N–H and O–H groups in total. The Labute approximate surface area is 199 Å². The predicted molar refractivity (Wildman–Crippen MR) is 131 cm³/mol. The van der Waals surface area contributed by atoms with Crippen molar-refractivity contribution < 1.29 is 23.8 Å². The summed E-state index contributed by atoms with van der Waals surface area (Å²) in [4.78, 5) is 25.3. The average molecular weight is 457 g/mol. The molecule has 5 heteroatoms. The highest BCUT2D eigenvalue weighted by atomic mass is 16.5. The number of hydrogen-bond acceptors (Lipinski definition) is 5. The maximum Gasteiger partial charge on any atom is 0.337 e. The third-order valence-corrected chi connectivity index (χ3v) is 6.06. The molecule has 0 spiro atoms. The van der Waals surface area contributed by atoms with Crippen LogP contribution >= 0.6 is 0 Å². The lowest BCUT2D eigenvalue weighted by Crippen LogP contribution is -2.37. The number of allylic oxidation sites excluding steroid dienone is 1. The van der Waals surface area contributed by atoms with Gasteiger partial charge in [-0.15, -0.1) is 0 Å². The summed E-state index contributed by atoms with van der Waals surface area (Å²) < 4.78 is 16.8. The second-order valence-corrected chi connectivity index (χ2v) is 9.17. The number of esters is 2. The van der Waals surface area contributed by atoms with Crippen LogP contribution in [0.15, 0.2) is 48.1 Å². The summed E-state index contributed by atoms with van der Waals surface area (Å²) in [5.41, 5.74) is 0.169. The molecule has 1 aliphatic rings. The Balaban J connectivity index is 2.17. The maximum absolute atomic E-state index is 13.2. The van der Waals surface area contributed by atoms with Crippen molar-refractivity contribution in [2.45, 2.75) is 72.1 Å². The van der Waals surface area contributed by atoms with Gasteiger partial charge in [0.1, 0.15) is 11.2 Å². The number of para-hydroxylation sites is 1. The molecule has 182 valence electrons. The van der Waals surface area contributed by atoms with Gasteiger partial charge in [0.15, 0.2) is 0 Å². The molecule has 2 rings (SSSR count). The zero-order chi connectivity index (χ0) is 24.3. The molecular formula is C28H40O5. The first-order valence-corrected chi connectivity index (χ1v) is 12.3. The minimum absolute atomic E-state index is 0.278. The molecule has 1 aliphatic carbocycles. The van der Waals surface area contributed by atoms with Crippen molar-refractivity contribution in [1.82, 2.24) is 0 Å². The predicted octanol–water partition coefficient (Wildman–Crippen LogP) is 6.17. The summed E-state index contributed by atoms with van der Waals surface area (Å²) in [6, 6.07) is 7.62. The van der Waals surface area contributed by atoms with Gasteiger partial charge in [0.05, 0.1) is 25.4 Å². The molecule has 2 atom stereocenters. The van der Waals surface area contributed by atoms with Gasteiger partial charge in [-0.2, -0.15) is 0 Å². The molecule has 2 unspecified atom stereocenters. The second kappa shape index (κ2) is 13.2. The Morgan fingerprint density at radius 3 is 2.36 bits per heavy atom. The number of benzene rings is 1. The molecular weight excluding hydrogens is 416 g/mol. The molecule has 1 aromatic rings. The first kappa shape index (κ1) is 26.7. The van der Waals surface area contributed by atoms with Crippen LogP contribution in [0.4, 0.5) is 0 Å². The van der Waals surface area contributed by atoms with E-state index in [0.29, 0.717) is 36.9 Å². The van der Waals surface area contributed by atoms with Crippen LogP contribution in [0.5, 0.6) is 5.75 Å². The monoisotopic (exact) mass is 456 g/mol. The summed E-state index contributed by atoms with van der Waals surface area (Å²) in [7, 11) is 0. The van der Waals surface area contributed by atoms with Crippen molar-refractivity contribution in [2.24, 2.45) is 11.8 Å². The number of carbonyl (C=O) groups is 2. The zero-order valence-corrected chi connectivity index (χ0v) is 20.9. The van der Waals surface area contributed by atoms with Gasteiger partial charge >= 0.3 is 11.9 Å². The van der Waals surface area contributed by atoms with Gasteiger partial charge in [-0.1, -0.05) is 76.5 Å². The van der Waals surface area contributed by atoms with E-state index in [0.717, 1.165) is 17.9 Å². The van der Waals surface area contributed by atoms with Gasteiger partial charge in [-0.05, 0) is 44.6 Å². The summed E-state index contributed by atoms with van der Waals surface area (Å²) in [6.07, 6.45) is 10.1. The third kappa shape index (κ3) is 7.48. The number of ether oxygens (including phenoxy) is 3. The SMILES string of the molecule is CCOC(=O)C1=CCC(C(=O)OCC)(c2ccccc2OCCC(C)CCCC(C)C)C=C1. The first-order chi connectivity index (χ1) is 15.8. The van der Waals surface area contributed by atoms with Gasteiger partial charge < -0.3 is 14.2 Å². The number of hydrogen-bond donors (Lipinski definition) is 0. The van der Waals surface area contributed by atoms with Crippen LogP contribution in [0.25, 0.3) is 0 Å². The van der Waals surface area contributed by atoms with Gasteiger partial charge in [0.2, 0.25) is 0 Å².